The highest BCUT2D eigenvalue weighted by Gasteiger charge is 2.12. The maximum Gasteiger partial charge on any atom is 0.165 e. The first-order valence-electron chi connectivity index (χ1n) is 6.25. The number of hydrogen-bond acceptors (Lipinski definition) is 2. The lowest BCUT2D eigenvalue weighted by atomic mass is 10.1. The van der Waals surface area contributed by atoms with Crippen LogP contribution in [0.2, 0.25) is 5.02 Å². The normalized spacial score (nSPS) is 10.4. The Morgan fingerprint density at radius 2 is 1.90 bits per heavy atom. The van der Waals surface area contributed by atoms with Gasteiger partial charge in [-0.15, -0.1) is 0 Å². The Balaban J connectivity index is 2.27. The van der Waals surface area contributed by atoms with Crippen molar-refractivity contribution in [3.63, 3.8) is 0 Å². The summed E-state index contributed by atoms with van der Waals surface area (Å²) in [5.41, 5.74) is 3.34. The van der Waals surface area contributed by atoms with Gasteiger partial charge in [-0.25, -0.2) is 0 Å². The summed E-state index contributed by atoms with van der Waals surface area (Å²) in [4.78, 5) is 0. The zero-order chi connectivity index (χ0) is 14.5. The van der Waals surface area contributed by atoms with E-state index in [1.165, 1.54) is 5.56 Å². The van der Waals surface area contributed by atoms with Crippen molar-refractivity contribution in [1.29, 1.82) is 0 Å². The fraction of sp³-hybridized carbons (Fsp3) is 0.250. The number of rotatable bonds is 5. The summed E-state index contributed by atoms with van der Waals surface area (Å²) in [6.45, 7) is 2.58. The lowest BCUT2D eigenvalue weighted by molar-refractivity contribution is 0.282. The average molecular weight is 356 g/mol. The highest BCUT2D eigenvalue weighted by molar-refractivity contribution is 9.08. The van der Waals surface area contributed by atoms with E-state index < -0.39 is 0 Å². The zero-order valence-electron chi connectivity index (χ0n) is 11.5. The van der Waals surface area contributed by atoms with Gasteiger partial charge in [0.15, 0.2) is 11.5 Å². The van der Waals surface area contributed by atoms with E-state index in [1.54, 1.807) is 13.2 Å². The molecule has 0 saturated carbocycles. The molecule has 0 bridgehead atoms. The molecule has 0 N–H and O–H groups in total. The average Bonchev–Trinajstić information content (AvgIpc) is 2.46. The molecule has 0 radical (unpaired) electrons. The lowest BCUT2D eigenvalue weighted by Gasteiger charge is -2.15. The topological polar surface area (TPSA) is 18.5 Å². The minimum atomic E-state index is 0.505. The molecular weight excluding hydrogens is 340 g/mol. The molecule has 0 amide bonds. The highest BCUT2D eigenvalue weighted by Crippen LogP contribution is 2.36. The van der Waals surface area contributed by atoms with E-state index in [0.717, 1.165) is 16.9 Å². The fourth-order valence-electron chi connectivity index (χ4n) is 1.96. The second kappa shape index (κ2) is 7.00. The molecule has 0 aliphatic rings. The molecule has 0 atom stereocenters. The highest BCUT2D eigenvalue weighted by atomic mass is 79.9. The number of alkyl halides is 1. The summed E-state index contributed by atoms with van der Waals surface area (Å²) < 4.78 is 11.3. The van der Waals surface area contributed by atoms with E-state index in [2.05, 4.69) is 35.0 Å². The van der Waals surface area contributed by atoms with Crippen molar-refractivity contribution in [2.75, 3.05) is 7.11 Å². The van der Waals surface area contributed by atoms with Crippen LogP contribution in [0.1, 0.15) is 16.7 Å². The number of benzene rings is 2. The first-order valence-corrected chi connectivity index (χ1v) is 7.75. The van der Waals surface area contributed by atoms with E-state index in [-0.39, 0.29) is 0 Å². The van der Waals surface area contributed by atoms with Crippen LogP contribution in [0.3, 0.4) is 0 Å². The van der Waals surface area contributed by atoms with Crippen molar-refractivity contribution in [3.8, 4) is 11.5 Å². The van der Waals surface area contributed by atoms with Gasteiger partial charge in [0.1, 0.15) is 6.61 Å². The SMILES string of the molecule is COc1cc(Cl)cc(CBr)c1OCc1ccccc1C. The smallest absolute Gasteiger partial charge is 0.165 e. The third kappa shape index (κ3) is 3.47. The molecule has 0 heterocycles. The number of halogens is 2. The van der Waals surface area contributed by atoms with Gasteiger partial charge < -0.3 is 9.47 Å². The molecule has 0 aromatic heterocycles. The van der Waals surface area contributed by atoms with Crippen LogP contribution in [0, 0.1) is 6.92 Å². The first-order chi connectivity index (χ1) is 9.65. The first kappa shape index (κ1) is 15.2. The van der Waals surface area contributed by atoms with E-state index in [4.69, 9.17) is 21.1 Å². The van der Waals surface area contributed by atoms with Gasteiger partial charge in [-0.1, -0.05) is 51.8 Å². The maximum absolute atomic E-state index is 6.07. The monoisotopic (exact) mass is 354 g/mol. The van der Waals surface area contributed by atoms with Crippen LogP contribution in [0.5, 0.6) is 11.5 Å². The van der Waals surface area contributed by atoms with E-state index >= 15 is 0 Å². The summed E-state index contributed by atoms with van der Waals surface area (Å²) >= 11 is 9.52. The van der Waals surface area contributed by atoms with Gasteiger partial charge in [0, 0.05) is 22.0 Å². The van der Waals surface area contributed by atoms with Crippen molar-refractivity contribution in [1.82, 2.24) is 0 Å². The van der Waals surface area contributed by atoms with Gasteiger partial charge in [0.05, 0.1) is 7.11 Å². The second-order valence-corrected chi connectivity index (χ2v) is 5.44. The van der Waals surface area contributed by atoms with Gasteiger partial charge in [-0.3, -0.25) is 0 Å². The summed E-state index contributed by atoms with van der Waals surface area (Å²) in [6.07, 6.45) is 0. The van der Waals surface area contributed by atoms with Crippen LogP contribution in [-0.2, 0) is 11.9 Å². The Morgan fingerprint density at radius 3 is 2.55 bits per heavy atom. The molecule has 4 heteroatoms. The van der Waals surface area contributed by atoms with E-state index in [9.17, 15) is 0 Å². The third-order valence-corrected chi connectivity index (χ3v) is 3.92. The van der Waals surface area contributed by atoms with Crippen LogP contribution < -0.4 is 9.47 Å². The number of ether oxygens (including phenoxy) is 2. The van der Waals surface area contributed by atoms with Gasteiger partial charge in [0.2, 0.25) is 0 Å². The largest absolute Gasteiger partial charge is 0.493 e. The Morgan fingerprint density at radius 1 is 1.15 bits per heavy atom. The Bertz CT molecular complexity index is 574. The molecule has 0 unspecified atom stereocenters. The van der Waals surface area contributed by atoms with Crippen LogP contribution in [0.4, 0.5) is 0 Å². The lowest BCUT2D eigenvalue weighted by Crippen LogP contribution is -2.02. The summed E-state index contributed by atoms with van der Waals surface area (Å²) in [7, 11) is 1.62. The number of aryl methyl sites for hydroxylation is 1. The molecular formula is C16H16BrClO2. The minimum Gasteiger partial charge on any atom is -0.493 e. The summed E-state index contributed by atoms with van der Waals surface area (Å²) in [6, 6.07) is 11.8. The van der Waals surface area contributed by atoms with Crippen molar-refractivity contribution in [2.45, 2.75) is 18.9 Å². The maximum atomic E-state index is 6.07. The van der Waals surface area contributed by atoms with E-state index in [0.29, 0.717) is 22.7 Å². The number of methoxy groups -OCH3 is 1. The number of hydrogen-bond donors (Lipinski definition) is 0. The molecule has 106 valence electrons. The second-order valence-electron chi connectivity index (χ2n) is 4.45. The van der Waals surface area contributed by atoms with Crippen molar-refractivity contribution >= 4 is 27.5 Å². The Hall–Kier alpha value is -1.19. The van der Waals surface area contributed by atoms with Crippen LogP contribution in [-0.4, -0.2) is 7.11 Å². The molecule has 0 saturated heterocycles. The molecule has 0 aliphatic heterocycles. The quantitative estimate of drug-likeness (QED) is 0.692. The summed E-state index contributed by atoms with van der Waals surface area (Å²) in [5.74, 6) is 1.39. The van der Waals surface area contributed by atoms with Crippen LogP contribution >= 0.6 is 27.5 Å². The molecule has 0 spiro atoms. The van der Waals surface area contributed by atoms with Gasteiger partial charge in [-0.2, -0.15) is 0 Å². The van der Waals surface area contributed by atoms with E-state index in [1.807, 2.05) is 18.2 Å². The van der Waals surface area contributed by atoms with Gasteiger partial charge in [0.25, 0.3) is 0 Å². The Labute approximate surface area is 132 Å². The zero-order valence-corrected chi connectivity index (χ0v) is 13.8. The van der Waals surface area contributed by atoms with Crippen molar-refractivity contribution in [2.24, 2.45) is 0 Å². The predicted octanol–water partition coefficient (Wildman–Crippen LogP) is 5.13. The van der Waals surface area contributed by atoms with Crippen molar-refractivity contribution in [3.05, 3.63) is 58.1 Å². The predicted molar refractivity (Wildman–Crippen MR) is 86.1 cm³/mol. The Kier molecular flexibility index (Phi) is 5.32. The van der Waals surface area contributed by atoms with Gasteiger partial charge in [-0.05, 0) is 24.1 Å². The van der Waals surface area contributed by atoms with Crippen LogP contribution in [0.25, 0.3) is 0 Å². The molecule has 2 aromatic carbocycles. The summed E-state index contributed by atoms with van der Waals surface area (Å²) in [5, 5.41) is 1.30. The van der Waals surface area contributed by atoms with Crippen molar-refractivity contribution < 1.29 is 9.47 Å². The molecule has 0 fully saturated rings. The standard InChI is InChI=1S/C16H16BrClO2/c1-11-5-3-4-6-12(11)10-20-16-13(9-17)7-14(18)8-15(16)19-2/h3-8H,9-10H2,1-2H3. The molecule has 2 aromatic rings. The molecule has 20 heavy (non-hydrogen) atoms. The third-order valence-electron chi connectivity index (χ3n) is 3.09. The fourth-order valence-corrected chi connectivity index (χ4v) is 2.61. The van der Waals surface area contributed by atoms with Gasteiger partial charge >= 0.3 is 0 Å². The van der Waals surface area contributed by atoms with Crippen LogP contribution in [0.15, 0.2) is 36.4 Å². The molecule has 2 nitrogen and oxygen atoms in total. The molecule has 0 aliphatic carbocycles. The minimum absolute atomic E-state index is 0.505. The molecule has 2 rings (SSSR count).